The summed E-state index contributed by atoms with van der Waals surface area (Å²) in [5, 5.41) is -0.0488. The maximum Gasteiger partial charge on any atom is 0.286 e. The van der Waals surface area contributed by atoms with E-state index >= 15 is 0 Å². The van der Waals surface area contributed by atoms with E-state index in [1.807, 2.05) is 30.3 Å². The van der Waals surface area contributed by atoms with E-state index in [9.17, 15) is 4.79 Å². The van der Waals surface area contributed by atoms with Gasteiger partial charge in [-0.3, -0.25) is 4.79 Å². The first kappa shape index (κ1) is 14.7. The Hall–Kier alpha value is -1.23. The van der Waals surface area contributed by atoms with Crippen molar-refractivity contribution in [3.63, 3.8) is 0 Å². The van der Waals surface area contributed by atoms with Crippen molar-refractivity contribution in [1.82, 2.24) is 0 Å². The molecule has 3 nitrogen and oxygen atoms in total. The summed E-state index contributed by atoms with van der Waals surface area (Å²) < 4.78 is 12.4. The van der Waals surface area contributed by atoms with E-state index in [2.05, 4.69) is 15.9 Å². The number of halogens is 3. The summed E-state index contributed by atoms with van der Waals surface area (Å²) in [4.78, 5) is 11.4. The molecule has 0 aliphatic carbocycles. The van der Waals surface area contributed by atoms with Crippen molar-refractivity contribution in [3.8, 4) is 11.5 Å². The summed E-state index contributed by atoms with van der Waals surface area (Å²) in [5.74, 6) is -0.298. The van der Waals surface area contributed by atoms with Crippen LogP contribution in [0.5, 0.6) is 11.5 Å². The zero-order chi connectivity index (χ0) is 15.0. The van der Waals surface area contributed by atoms with Gasteiger partial charge in [0.25, 0.3) is 5.79 Å². The zero-order valence-corrected chi connectivity index (χ0v) is 13.7. The lowest BCUT2D eigenvalue weighted by molar-refractivity contribution is -0.129. The first-order chi connectivity index (χ1) is 10.0. The number of fused-ring (bicyclic) bond motifs is 1. The molecular weight excluding hydrogens is 379 g/mol. The van der Waals surface area contributed by atoms with E-state index in [-0.39, 0.29) is 6.42 Å². The number of carbonyl (C=O) groups excluding carboxylic acids is 1. The predicted octanol–water partition coefficient (Wildman–Crippen LogP) is 4.88. The van der Waals surface area contributed by atoms with Crippen LogP contribution in [0.2, 0.25) is 5.02 Å². The fraction of sp³-hybridized carbons (Fsp3) is 0.133. The molecule has 0 spiro atoms. The van der Waals surface area contributed by atoms with Gasteiger partial charge in [-0.1, -0.05) is 41.9 Å². The highest BCUT2D eigenvalue weighted by Gasteiger charge is 2.46. The normalized spacial score (nSPS) is 19.6. The number of hydrogen-bond donors (Lipinski definition) is 0. The van der Waals surface area contributed by atoms with E-state index in [1.165, 1.54) is 0 Å². The van der Waals surface area contributed by atoms with E-state index in [0.29, 0.717) is 26.6 Å². The molecule has 0 bridgehead atoms. The molecule has 1 aliphatic rings. The molecule has 3 rings (SSSR count). The maximum atomic E-state index is 11.4. The Morgan fingerprint density at radius 2 is 1.86 bits per heavy atom. The third-order valence-corrected chi connectivity index (χ3v) is 4.61. The van der Waals surface area contributed by atoms with Crippen LogP contribution in [0.4, 0.5) is 0 Å². The van der Waals surface area contributed by atoms with Crippen molar-refractivity contribution in [2.45, 2.75) is 12.2 Å². The van der Waals surface area contributed by atoms with Crippen LogP contribution in [0, 0.1) is 0 Å². The first-order valence-electron chi connectivity index (χ1n) is 6.12. The molecule has 6 heteroatoms. The second kappa shape index (κ2) is 5.52. The average molecular weight is 388 g/mol. The molecule has 0 amide bonds. The number of carbonyl (C=O) groups is 1. The van der Waals surface area contributed by atoms with Gasteiger partial charge in [0, 0.05) is 5.56 Å². The fourth-order valence-electron chi connectivity index (χ4n) is 2.22. The van der Waals surface area contributed by atoms with Crippen molar-refractivity contribution >= 4 is 44.4 Å². The minimum absolute atomic E-state index is 0.114. The van der Waals surface area contributed by atoms with Crippen molar-refractivity contribution in [3.05, 3.63) is 57.5 Å². The quantitative estimate of drug-likeness (QED) is 0.704. The maximum absolute atomic E-state index is 11.4. The van der Waals surface area contributed by atoms with Gasteiger partial charge >= 0.3 is 0 Å². The molecule has 2 aromatic carbocycles. The van der Waals surface area contributed by atoms with Crippen LogP contribution in [-0.4, -0.2) is 5.24 Å². The molecule has 1 unspecified atom stereocenters. The molecule has 0 saturated heterocycles. The molecule has 0 N–H and O–H groups in total. The van der Waals surface area contributed by atoms with Crippen LogP contribution in [-0.2, 0) is 10.6 Å². The summed E-state index contributed by atoms with van der Waals surface area (Å²) in [6.45, 7) is 0. The highest BCUT2D eigenvalue weighted by atomic mass is 79.9. The molecule has 108 valence electrons. The lowest BCUT2D eigenvalue weighted by Gasteiger charge is -2.26. The van der Waals surface area contributed by atoms with E-state index in [0.717, 1.165) is 0 Å². The van der Waals surface area contributed by atoms with Crippen molar-refractivity contribution in [2.24, 2.45) is 0 Å². The standard InChI is InChI=1S/C15H9BrCl2O3/c16-13-10(17)6-7-11-14(13)21-15(20-11,8-12(18)19)9-4-2-1-3-5-9/h1-7H,8H2. The number of hydrogen-bond acceptors (Lipinski definition) is 3. The van der Waals surface area contributed by atoms with Gasteiger partial charge in [0.15, 0.2) is 11.5 Å². The third kappa shape index (κ3) is 2.63. The van der Waals surface area contributed by atoms with Gasteiger partial charge < -0.3 is 9.47 Å². The SMILES string of the molecule is O=C(Cl)CC1(c2ccccc2)Oc2ccc(Cl)c(Br)c2O1. The molecule has 0 fully saturated rings. The highest BCUT2D eigenvalue weighted by Crippen LogP contribution is 2.51. The highest BCUT2D eigenvalue weighted by molar-refractivity contribution is 9.10. The molecule has 0 saturated carbocycles. The summed E-state index contributed by atoms with van der Waals surface area (Å²) in [6, 6.07) is 12.6. The van der Waals surface area contributed by atoms with E-state index in [4.69, 9.17) is 32.7 Å². The number of ether oxygens (including phenoxy) is 2. The van der Waals surface area contributed by atoms with Crippen LogP contribution in [0.1, 0.15) is 12.0 Å². The van der Waals surface area contributed by atoms with Crippen molar-refractivity contribution in [2.75, 3.05) is 0 Å². The molecule has 0 aromatic heterocycles. The second-order valence-electron chi connectivity index (χ2n) is 4.54. The van der Waals surface area contributed by atoms with Gasteiger partial charge in [0.05, 0.1) is 9.50 Å². The number of benzene rings is 2. The minimum Gasteiger partial charge on any atom is -0.444 e. The Morgan fingerprint density at radius 3 is 2.52 bits per heavy atom. The van der Waals surface area contributed by atoms with E-state index in [1.54, 1.807) is 12.1 Å². The largest absolute Gasteiger partial charge is 0.444 e. The lowest BCUT2D eigenvalue weighted by atomic mass is 10.0. The third-order valence-electron chi connectivity index (χ3n) is 3.14. The Balaban J connectivity index is 2.09. The molecule has 1 heterocycles. The van der Waals surface area contributed by atoms with Crippen LogP contribution in [0.3, 0.4) is 0 Å². The Bertz CT molecular complexity index is 706. The molecule has 1 aliphatic heterocycles. The molecule has 0 radical (unpaired) electrons. The minimum atomic E-state index is -1.27. The summed E-state index contributed by atoms with van der Waals surface area (Å²) in [5.41, 5.74) is 0.707. The van der Waals surface area contributed by atoms with Gasteiger partial charge in [-0.25, -0.2) is 0 Å². The monoisotopic (exact) mass is 386 g/mol. The smallest absolute Gasteiger partial charge is 0.286 e. The van der Waals surface area contributed by atoms with Crippen LogP contribution in [0.25, 0.3) is 0 Å². The molecule has 2 aromatic rings. The van der Waals surface area contributed by atoms with Crippen LogP contribution < -0.4 is 9.47 Å². The topological polar surface area (TPSA) is 35.5 Å². The van der Waals surface area contributed by atoms with E-state index < -0.39 is 11.0 Å². The second-order valence-corrected chi connectivity index (χ2v) is 6.17. The Labute approximate surface area is 139 Å². The van der Waals surface area contributed by atoms with Crippen molar-refractivity contribution < 1.29 is 14.3 Å². The lowest BCUT2D eigenvalue weighted by Crippen LogP contribution is -2.37. The summed E-state index contributed by atoms with van der Waals surface area (Å²) in [6.07, 6.45) is -0.114. The molecular formula is C15H9BrCl2O3. The predicted molar refractivity (Wildman–Crippen MR) is 84.0 cm³/mol. The van der Waals surface area contributed by atoms with Gasteiger partial charge in [-0.2, -0.15) is 0 Å². The molecule has 1 atom stereocenters. The first-order valence-corrected chi connectivity index (χ1v) is 7.66. The summed E-state index contributed by atoms with van der Waals surface area (Å²) in [7, 11) is 0. The Morgan fingerprint density at radius 1 is 1.14 bits per heavy atom. The van der Waals surface area contributed by atoms with Crippen molar-refractivity contribution in [1.29, 1.82) is 0 Å². The number of rotatable bonds is 3. The average Bonchev–Trinajstić information content (AvgIpc) is 2.84. The van der Waals surface area contributed by atoms with Gasteiger partial charge in [-0.05, 0) is 39.7 Å². The van der Waals surface area contributed by atoms with Crippen LogP contribution in [0.15, 0.2) is 46.9 Å². The van der Waals surface area contributed by atoms with Gasteiger partial charge in [0.1, 0.15) is 6.42 Å². The Kier molecular flexibility index (Phi) is 3.86. The zero-order valence-electron chi connectivity index (χ0n) is 10.6. The fourth-order valence-corrected chi connectivity index (χ4v) is 2.95. The van der Waals surface area contributed by atoms with Gasteiger partial charge in [-0.15, -0.1) is 0 Å². The molecule has 21 heavy (non-hydrogen) atoms. The summed E-state index contributed by atoms with van der Waals surface area (Å²) >= 11 is 15.0. The van der Waals surface area contributed by atoms with Crippen LogP contribution >= 0.6 is 39.1 Å². The van der Waals surface area contributed by atoms with Gasteiger partial charge in [0.2, 0.25) is 5.24 Å².